The van der Waals surface area contributed by atoms with Crippen LogP contribution in [0.4, 0.5) is 0 Å². The molecule has 0 bridgehead atoms. The first-order chi connectivity index (χ1) is 37.4. The first-order valence-corrected chi connectivity index (χ1v) is 33.7. The highest BCUT2D eigenvalue weighted by molar-refractivity contribution is 7.45. The quantitative estimate of drug-likeness (QED) is 0.0212. The monoisotopic (exact) mass is 1100 g/mol. The molecule has 0 aliphatic rings. The molecule has 0 spiro atoms. The molecule has 10 heteroatoms. The maximum absolute atomic E-state index is 13.5. The van der Waals surface area contributed by atoms with E-state index in [0.717, 1.165) is 89.9 Å². The predicted octanol–water partition coefficient (Wildman–Crippen LogP) is 19.4. The third-order valence-corrected chi connectivity index (χ3v) is 15.1. The van der Waals surface area contributed by atoms with Crippen LogP contribution >= 0.6 is 7.82 Å². The number of ether oxygens (including phenoxy) is 1. The Morgan fingerprint density at radius 1 is 0.468 bits per heavy atom. The van der Waals surface area contributed by atoms with Gasteiger partial charge in [0.25, 0.3) is 7.82 Å². The van der Waals surface area contributed by atoms with Crippen LogP contribution in [0.1, 0.15) is 290 Å². The van der Waals surface area contributed by atoms with Crippen molar-refractivity contribution in [1.82, 2.24) is 5.32 Å². The van der Waals surface area contributed by atoms with E-state index in [2.05, 4.69) is 86.8 Å². The fourth-order valence-corrected chi connectivity index (χ4v) is 9.88. The number of phosphoric acid groups is 1. The van der Waals surface area contributed by atoms with E-state index < -0.39 is 26.6 Å². The summed E-state index contributed by atoms with van der Waals surface area (Å²) >= 11 is 0. The van der Waals surface area contributed by atoms with Gasteiger partial charge in [0.15, 0.2) is 0 Å². The van der Waals surface area contributed by atoms with Crippen LogP contribution < -0.4 is 10.2 Å². The van der Waals surface area contributed by atoms with Crippen molar-refractivity contribution in [2.24, 2.45) is 0 Å². The van der Waals surface area contributed by atoms with Crippen molar-refractivity contribution in [3.63, 3.8) is 0 Å². The number of nitrogens with one attached hydrogen (secondary N) is 1. The minimum Gasteiger partial charge on any atom is -0.756 e. The summed E-state index contributed by atoms with van der Waals surface area (Å²) in [5, 5.41) is 3.02. The topological polar surface area (TPSA) is 114 Å². The first kappa shape index (κ1) is 74.5. The number of rotatable bonds is 58. The van der Waals surface area contributed by atoms with Crippen molar-refractivity contribution in [3.05, 3.63) is 72.9 Å². The number of esters is 1. The van der Waals surface area contributed by atoms with Crippen molar-refractivity contribution in [2.45, 2.75) is 303 Å². The van der Waals surface area contributed by atoms with Crippen LogP contribution in [0.3, 0.4) is 0 Å². The Morgan fingerprint density at radius 3 is 1.27 bits per heavy atom. The summed E-state index contributed by atoms with van der Waals surface area (Å²) in [5.41, 5.74) is 0. The van der Waals surface area contributed by atoms with Crippen molar-refractivity contribution in [1.29, 1.82) is 0 Å². The van der Waals surface area contributed by atoms with Crippen LogP contribution in [0, 0.1) is 0 Å². The van der Waals surface area contributed by atoms with E-state index in [4.69, 9.17) is 13.8 Å². The standard InChI is InChI=1S/C67H123N2O7P/c1-7-10-13-16-19-22-25-28-30-31-32-33-34-35-36-37-38-39-40-42-45-48-51-54-57-60-67(71)76-65(58-55-52-49-46-43-27-24-21-18-15-12-9-3)64(63-75-77(72,73)74-62-61-69(4,5)6)68-66(70)59-56-53-50-47-44-41-29-26-23-20-17-14-11-8-2/h11,14,19-20,22-23,28-30,41,55,58,64-65H,7-10,12-13,15-18,21,24-27,31-40,42-54,56-57,59-63H2,1-6H3,(H-,68,70,72,73)/b14-11+,22-19-,23-20+,30-28-,41-29+,58-55-. The largest absolute Gasteiger partial charge is 0.756 e. The van der Waals surface area contributed by atoms with Crippen LogP contribution in [0.25, 0.3) is 0 Å². The Morgan fingerprint density at radius 2 is 0.831 bits per heavy atom. The summed E-state index contributed by atoms with van der Waals surface area (Å²) in [7, 11) is 1.17. The fourth-order valence-electron chi connectivity index (χ4n) is 9.16. The molecule has 1 N–H and O–H groups in total. The van der Waals surface area contributed by atoms with E-state index in [1.165, 1.54) is 161 Å². The number of nitrogens with zero attached hydrogens (tertiary/aromatic N) is 1. The van der Waals surface area contributed by atoms with Gasteiger partial charge in [-0.2, -0.15) is 0 Å². The van der Waals surface area contributed by atoms with Crippen LogP contribution in [0.2, 0.25) is 0 Å². The third-order valence-electron chi connectivity index (χ3n) is 14.1. The second-order valence-corrected chi connectivity index (χ2v) is 24.3. The van der Waals surface area contributed by atoms with Crippen LogP contribution in [0.15, 0.2) is 72.9 Å². The smallest absolute Gasteiger partial charge is 0.306 e. The highest BCUT2D eigenvalue weighted by atomic mass is 31.2. The second kappa shape index (κ2) is 56.7. The molecule has 0 aromatic carbocycles. The Kier molecular flexibility index (Phi) is 54.8. The van der Waals surface area contributed by atoms with Gasteiger partial charge in [0.05, 0.1) is 33.8 Å². The Bertz CT molecular complexity index is 1550. The summed E-state index contributed by atoms with van der Waals surface area (Å²) in [6, 6.07) is -0.901. The lowest BCUT2D eigenvalue weighted by molar-refractivity contribution is -0.870. The van der Waals surface area contributed by atoms with Crippen molar-refractivity contribution >= 4 is 19.7 Å². The number of phosphoric ester groups is 1. The summed E-state index contributed by atoms with van der Waals surface area (Å²) in [5.74, 6) is -0.562. The maximum atomic E-state index is 13.5. The zero-order chi connectivity index (χ0) is 56.4. The molecule has 0 aromatic rings. The SMILES string of the molecule is CC/C=C/C/C=C/C/C=C/CCCCCCC(=O)NC(COP(=O)([O-])OCC[N+](C)(C)C)C(/C=C\CCCCCCCCCCCC)OC(=O)CCCCCCCCCCCCCCCCC/C=C\C/C=C\CCCCC. The van der Waals surface area contributed by atoms with Crippen molar-refractivity contribution in [2.75, 3.05) is 40.9 Å². The van der Waals surface area contributed by atoms with Gasteiger partial charge in [0, 0.05) is 12.8 Å². The Hall–Kier alpha value is -2.55. The molecular formula is C67H123N2O7P. The van der Waals surface area contributed by atoms with E-state index in [0.29, 0.717) is 23.9 Å². The van der Waals surface area contributed by atoms with E-state index in [1.807, 2.05) is 33.3 Å². The number of unbranched alkanes of at least 4 members (excludes halogenated alkanes) is 32. The zero-order valence-corrected chi connectivity index (χ0v) is 52.0. The molecule has 448 valence electrons. The fraction of sp³-hybridized carbons (Fsp3) is 0.791. The van der Waals surface area contributed by atoms with Gasteiger partial charge in [-0.25, -0.2) is 0 Å². The van der Waals surface area contributed by atoms with Gasteiger partial charge in [-0.15, -0.1) is 0 Å². The number of allylic oxidation sites excluding steroid dienone is 11. The van der Waals surface area contributed by atoms with Gasteiger partial charge in [0.1, 0.15) is 19.3 Å². The minimum atomic E-state index is -4.71. The van der Waals surface area contributed by atoms with E-state index >= 15 is 0 Å². The first-order valence-electron chi connectivity index (χ1n) is 32.2. The molecule has 0 rings (SSSR count). The molecule has 0 radical (unpaired) electrons. The van der Waals surface area contributed by atoms with E-state index in [-0.39, 0.29) is 24.9 Å². The van der Waals surface area contributed by atoms with E-state index in [9.17, 15) is 19.0 Å². The lowest BCUT2D eigenvalue weighted by Crippen LogP contribution is -2.47. The van der Waals surface area contributed by atoms with Crippen LogP contribution in [-0.4, -0.2) is 69.4 Å². The highest BCUT2D eigenvalue weighted by Gasteiger charge is 2.27. The van der Waals surface area contributed by atoms with Crippen LogP contribution in [0.5, 0.6) is 0 Å². The molecular weight excluding hydrogens is 976 g/mol. The number of amides is 1. The predicted molar refractivity (Wildman–Crippen MR) is 330 cm³/mol. The highest BCUT2D eigenvalue weighted by Crippen LogP contribution is 2.38. The van der Waals surface area contributed by atoms with Gasteiger partial charge in [-0.3, -0.25) is 14.2 Å². The molecule has 3 atom stereocenters. The molecule has 0 fully saturated rings. The number of carbonyl (C=O) groups is 2. The molecule has 0 aromatic heterocycles. The molecule has 77 heavy (non-hydrogen) atoms. The number of likely N-dealkylation sites (N-methyl/N-ethyl adjacent to an activating group) is 1. The average Bonchev–Trinajstić information content (AvgIpc) is 3.39. The lowest BCUT2D eigenvalue weighted by atomic mass is 10.0. The zero-order valence-electron chi connectivity index (χ0n) is 51.2. The van der Waals surface area contributed by atoms with Crippen molar-refractivity contribution in [3.8, 4) is 0 Å². The van der Waals surface area contributed by atoms with Crippen LogP contribution in [-0.2, 0) is 27.9 Å². The summed E-state index contributed by atoms with van der Waals surface area (Å²) in [6.07, 6.45) is 73.1. The molecule has 0 aliphatic carbocycles. The van der Waals surface area contributed by atoms with Crippen molar-refractivity contribution < 1.29 is 37.3 Å². The van der Waals surface area contributed by atoms with Gasteiger partial charge in [-0.1, -0.05) is 255 Å². The number of hydrogen-bond donors (Lipinski definition) is 1. The Labute approximate surface area is 476 Å². The number of carbonyl (C=O) groups excluding carboxylic acids is 2. The lowest BCUT2D eigenvalue weighted by Gasteiger charge is -2.30. The van der Waals surface area contributed by atoms with E-state index in [1.54, 1.807) is 0 Å². The molecule has 0 heterocycles. The Balaban J connectivity index is 5.10. The molecule has 3 unspecified atom stereocenters. The number of hydrogen-bond acceptors (Lipinski definition) is 7. The maximum Gasteiger partial charge on any atom is 0.306 e. The second-order valence-electron chi connectivity index (χ2n) is 22.9. The average molecular weight is 1100 g/mol. The summed E-state index contributed by atoms with van der Waals surface area (Å²) in [6.45, 7) is 6.70. The molecule has 1 amide bonds. The normalized spacial score (nSPS) is 14.1. The van der Waals surface area contributed by atoms with Gasteiger partial charge < -0.3 is 28.5 Å². The molecule has 9 nitrogen and oxygen atoms in total. The molecule has 0 aliphatic heterocycles. The van der Waals surface area contributed by atoms with Gasteiger partial charge in [0.2, 0.25) is 5.91 Å². The molecule has 0 saturated heterocycles. The number of quaternary nitrogens is 1. The van der Waals surface area contributed by atoms with Gasteiger partial charge >= 0.3 is 5.97 Å². The summed E-state index contributed by atoms with van der Waals surface area (Å²) in [4.78, 5) is 40.0. The molecule has 0 saturated carbocycles. The third kappa shape index (κ3) is 57.9. The van der Waals surface area contributed by atoms with Gasteiger partial charge in [-0.05, 0) is 96.0 Å². The minimum absolute atomic E-state index is 0.0283. The summed E-state index contributed by atoms with van der Waals surface area (Å²) < 4.78 is 30.3.